The number of hydrogen-bond donors (Lipinski definition) is 1. The Labute approximate surface area is 231 Å². The van der Waals surface area contributed by atoms with Gasteiger partial charge in [0.2, 0.25) is 0 Å². The van der Waals surface area contributed by atoms with Crippen LogP contribution in [0.4, 0.5) is 5.82 Å². The number of nitrogens with one attached hydrogen (secondary N) is 1. The molecule has 0 atom stereocenters. The number of halogens is 2. The van der Waals surface area contributed by atoms with Gasteiger partial charge in [0.1, 0.15) is 0 Å². The van der Waals surface area contributed by atoms with Gasteiger partial charge >= 0.3 is 0 Å². The number of aromatic nitrogens is 4. The van der Waals surface area contributed by atoms with Crippen LogP contribution in [0, 0.1) is 17.8 Å². The van der Waals surface area contributed by atoms with E-state index in [1.54, 1.807) is 10.7 Å². The molecule has 4 aliphatic carbocycles. The van der Waals surface area contributed by atoms with Crippen LogP contribution < -0.4 is 5.32 Å². The summed E-state index contributed by atoms with van der Waals surface area (Å²) in [6, 6.07) is 17.4. The van der Waals surface area contributed by atoms with E-state index in [2.05, 4.69) is 10.4 Å². The molecule has 0 unspecified atom stereocenters. The lowest BCUT2D eigenvalue weighted by Gasteiger charge is -2.56. The number of carbonyl (C=O) groups is 1. The van der Waals surface area contributed by atoms with Gasteiger partial charge in [0.15, 0.2) is 5.82 Å². The molecule has 4 bridgehead atoms. The molecule has 1 amide bonds. The van der Waals surface area contributed by atoms with Crippen molar-refractivity contribution in [3.8, 4) is 5.69 Å². The van der Waals surface area contributed by atoms with Gasteiger partial charge in [-0.05, 0) is 86.1 Å². The first-order valence-corrected chi connectivity index (χ1v) is 14.1. The van der Waals surface area contributed by atoms with Crippen molar-refractivity contribution in [1.29, 1.82) is 0 Å². The summed E-state index contributed by atoms with van der Waals surface area (Å²) in [4.78, 5) is 13.8. The SMILES string of the molecule is O=C(Nc1ccn(Cc2ccc(Cl)c(Cl)c2)n1)c1cn(-c2ccccc2)nc1C12CC3CC(CC(C3)C1)C2. The van der Waals surface area contributed by atoms with Gasteiger partial charge in [-0.1, -0.05) is 47.5 Å². The summed E-state index contributed by atoms with van der Waals surface area (Å²) in [7, 11) is 0. The number of anilines is 1. The van der Waals surface area contributed by atoms with Crippen molar-refractivity contribution in [2.45, 2.75) is 50.5 Å². The molecule has 4 fully saturated rings. The average Bonchev–Trinajstić information content (AvgIpc) is 3.54. The van der Waals surface area contributed by atoms with Crippen LogP contribution in [0.25, 0.3) is 5.69 Å². The van der Waals surface area contributed by atoms with E-state index in [1.165, 1.54) is 19.3 Å². The van der Waals surface area contributed by atoms with Crippen LogP contribution in [0.5, 0.6) is 0 Å². The molecular formula is C30H29Cl2N5O. The van der Waals surface area contributed by atoms with Crippen LogP contribution in [0.2, 0.25) is 10.0 Å². The number of para-hydroxylation sites is 1. The van der Waals surface area contributed by atoms with Crippen LogP contribution in [-0.2, 0) is 12.0 Å². The van der Waals surface area contributed by atoms with Gasteiger partial charge in [-0.2, -0.15) is 10.2 Å². The lowest BCUT2D eigenvalue weighted by molar-refractivity contribution is -0.00765. The highest BCUT2D eigenvalue weighted by Gasteiger charge is 2.54. The van der Waals surface area contributed by atoms with E-state index < -0.39 is 0 Å². The molecule has 2 aromatic carbocycles. The Balaban J connectivity index is 1.18. The predicted molar refractivity (Wildman–Crippen MR) is 149 cm³/mol. The lowest BCUT2D eigenvalue weighted by atomic mass is 9.48. The Hall–Kier alpha value is -3.09. The highest BCUT2D eigenvalue weighted by molar-refractivity contribution is 6.42. The molecule has 6 nitrogen and oxygen atoms in total. The minimum Gasteiger partial charge on any atom is -0.305 e. The Morgan fingerprint density at radius 2 is 1.63 bits per heavy atom. The Kier molecular flexibility index (Phi) is 5.86. The maximum atomic E-state index is 13.8. The topological polar surface area (TPSA) is 64.7 Å². The van der Waals surface area contributed by atoms with Gasteiger partial charge < -0.3 is 5.32 Å². The summed E-state index contributed by atoms with van der Waals surface area (Å²) in [6.07, 6.45) is 11.2. The van der Waals surface area contributed by atoms with Crippen molar-refractivity contribution < 1.29 is 4.79 Å². The fourth-order valence-electron chi connectivity index (χ4n) is 7.57. The molecule has 4 aromatic rings. The van der Waals surface area contributed by atoms with Gasteiger partial charge in [0.25, 0.3) is 5.91 Å². The molecule has 4 saturated carbocycles. The number of amides is 1. The van der Waals surface area contributed by atoms with Gasteiger partial charge in [-0.3, -0.25) is 9.48 Å². The standard InChI is InChI=1S/C30H29Cl2N5O/c31-25-7-6-19(13-26(25)32)17-36-9-8-27(34-36)33-29(38)24-18-37(23-4-2-1-3-5-23)35-28(24)30-14-20-10-21(15-30)12-22(11-20)16-30/h1-9,13,18,20-22H,10-12,14-17H2,(H,33,34,38). The van der Waals surface area contributed by atoms with Crippen molar-refractivity contribution in [1.82, 2.24) is 19.6 Å². The zero-order chi connectivity index (χ0) is 25.9. The number of benzene rings is 2. The highest BCUT2D eigenvalue weighted by atomic mass is 35.5. The average molecular weight is 547 g/mol. The zero-order valence-electron chi connectivity index (χ0n) is 21.0. The summed E-state index contributed by atoms with van der Waals surface area (Å²) in [6.45, 7) is 0.525. The molecule has 38 heavy (non-hydrogen) atoms. The van der Waals surface area contributed by atoms with E-state index in [4.69, 9.17) is 28.3 Å². The number of carbonyl (C=O) groups excluding carboxylic acids is 1. The minimum absolute atomic E-state index is 0.00529. The normalized spacial score (nSPS) is 25.6. The smallest absolute Gasteiger partial charge is 0.260 e. The van der Waals surface area contributed by atoms with Crippen molar-refractivity contribution >= 4 is 34.9 Å². The molecule has 8 heteroatoms. The second kappa shape index (κ2) is 9.28. The molecule has 1 N–H and O–H groups in total. The summed E-state index contributed by atoms with van der Waals surface area (Å²) < 4.78 is 3.66. The van der Waals surface area contributed by atoms with Gasteiger partial charge in [-0.25, -0.2) is 4.68 Å². The zero-order valence-corrected chi connectivity index (χ0v) is 22.5. The monoisotopic (exact) mass is 545 g/mol. The third-order valence-electron chi connectivity index (χ3n) is 8.73. The molecule has 8 rings (SSSR count). The summed E-state index contributed by atoms with van der Waals surface area (Å²) >= 11 is 12.2. The number of hydrogen-bond acceptors (Lipinski definition) is 3. The maximum Gasteiger partial charge on any atom is 0.260 e. The molecular weight excluding hydrogens is 517 g/mol. The van der Waals surface area contributed by atoms with Crippen LogP contribution in [0.1, 0.15) is 60.1 Å². The van der Waals surface area contributed by atoms with E-state index in [0.29, 0.717) is 28.0 Å². The molecule has 2 aromatic heterocycles. The van der Waals surface area contributed by atoms with Crippen LogP contribution >= 0.6 is 23.2 Å². The minimum atomic E-state index is -0.155. The molecule has 0 saturated heterocycles. The summed E-state index contributed by atoms with van der Waals surface area (Å²) in [5.41, 5.74) is 3.56. The Bertz CT molecular complexity index is 1470. The van der Waals surface area contributed by atoms with Crippen molar-refractivity contribution in [3.05, 3.63) is 93.9 Å². The third-order valence-corrected chi connectivity index (χ3v) is 9.47. The number of rotatable bonds is 6. The van der Waals surface area contributed by atoms with Gasteiger partial charge in [0, 0.05) is 23.9 Å². The van der Waals surface area contributed by atoms with E-state index in [0.717, 1.165) is 54.0 Å². The molecule has 0 radical (unpaired) electrons. The van der Waals surface area contributed by atoms with Crippen molar-refractivity contribution in [2.75, 3.05) is 5.32 Å². The lowest BCUT2D eigenvalue weighted by Crippen LogP contribution is -2.49. The second-order valence-corrected chi connectivity index (χ2v) is 12.3. The van der Waals surface area contributed by atoms with Crippen LogP contribution in [0.15, 0.2) is 67.0 Å². The van der Waals surface area contributed by atoms with Crippen LogP contribution in [0.3, 0.4) is 0 Å². The quantitative estimate of drug-likeness (QED) is 0.280. The third kappa shape index (κ3) is 4.34. The molecule has 0 spiro atoms. The predicted octanol–water partition coefficient (Wildman–Crippen LogP) is 7.14. The van der Waals surface area contributed by atoms with E-state index in [1.807, 2.05) is 65.6 Å². The maximum absolute atomic E-state index is 13.8. The fourth-order valence-corrected chi connectivity index (χ4v) is 7.89. The molecule has 2 heterocycles. The van der Waals surface area contributed by atoms with Crippen molar-refractivity contribution in [3.63, 3.8) is 0 Å². The fraction of sp³-hybridized carbons (Fsp3) is 0.367. The number of nitrogens with zero attached hydrogens (tertiary/aromatic N) is 4. The molecule has 0 aliphatic heterocycles. The first-order chi connectivity index (χ1) is 18.4. The van der Waals surface area contributed by atoms with E-state index in [9.17, 15) is 4.79 Å². The van der Waals surface area contributed by atoms with E-state index >= 15 is 0 Å². The van der Waals surface area contributed by atoms with Gasteiger partial charge in [-0.15, -0.1) is 0 Å². The molecule has 194 valence electrons. The first kappa shape index (κ1) is 24.0. The highest BCUT2D eigenvalue weighted by Crippen LogP contribution is 2.61. The largest absolute Gasteiger partial charge is 0.305 e. The summed E-state index contributed by atoms with van der Waals surface area (Å²) in [5.74, 6) is 2.64. The molecule has 4 aliphatic rings. The van der Waals surface area contributed by atoms with E-state index in [-0.39, 0.29) is 11.3 Å². The Morgan fingerprint density at radius 1 is 0.921 bits per heavy atom. The first-order valence-electron chi connectivity index (χ1n) is 13.4. The summed E-state index contributed by atoms with van der Waals surface area (Å²) in [5, 5.41) is 13.8. The van der Waals surface area contributed by atoms with Crippen molar-refractivity contribution in [2.24, 2.45) is 17.8 Å². The second-order valence-electron chi connectivity index (χ2n) is 11.5. The van der Waals surface area contributed by atoms with Crippen LogP contribution in [-0.4, -0.2) is 25.5 Å². The Morgan fingerprint density at radius 3 is 2.32 bits per heavy atom. The van der Waals surface area contributed by atoms with Gasteiger partial charge in [0.05, 0.1) is 33.5 Å².